The summed E-state index contributed by atoms with van der Waals surface area (Å²) in [4.78, 5) is 22.4. The second-order valence-corrected chi connectivity index (χ2v) is 4.75. The average Bonchev–Trinajstić information content (AvgIpc) is 2.37. The Morgan fingerprint density at radius 2 is 1.89 bits per heavy atom. The molecule has 19 heavy (non-hydrogen) atoms. The summed E-state index contributed by atoms with van der Waals surface area (Å²) in [6, 6.07) is -1.00. The third-order valence-electron chi connectivity index (χ3n) is 2.72. The molecule has 0 aromatic carbocycles. The van der Waals surface area contributed by atoms with Crippen molar-refractivity contribution in [2.24, 2.45) is 0 Å². The molecular formula is C10H17BrN2O6. The second-order valence-electron chi connectivity index (χ2n) is 4.19. The number of carbonyl (C=O) groups excluding carboxylic acids is 2. The van der Waals surface area contributed by atoms with Crippen LogP contribution in [-0.4, -0.2) is 69.7 Å². The Hall–Kier alpha value is -0.740. The average molecular weight is 341 g/mol. The second kappa shape index (κ2) is 7.15. The molecule has 0 radical (unpaired) electrons. The molecule has 1 heterocycles. The SMILES string of the molecule is CC(=O)NC1C(O)[C@H](O)C(CO)O[C@H]1NC(=O)CBr. The first-order valence-corrected chi connectivity index (χ1v) is 6.77. The fraction of sp³-hybridized carbons (Fsp3) is 0.800. The molecule has 1 saturated heterocycles. The van der Waals surface area contributed by atoms with Crippen LogP contribution in [-0.2, 0) is 14.3 Å². The van der Waals surface area contributed by atoms with E-state index in [1.807, 2.05) is 0 Å². The molecule has 1 fully saturated rings. The summed E-state index contributed by atoms with van der Waals surface area (Å²) in [5.41, 5.74) is 0. The quantitative estimate of drug-likeness (QED) is 0.358. The van der Waals surface area contributed by atoms with Gasteiger partial charge < -0.3 is 30.7 Å². The first-order valence-electron chi connectivity index (χ1n) is 5.65. The lowest BCUT2D eigenvalue weighted by atomic mass is 9.96. The van der Waals surface area contributed by atoms with E-state index in [2.05, 4.69) is 26.6 Å². The molecule has 0 spiro atoms. The molecule has 3 unspecified atom stereocenters. The van der Waals surface area contributed by atoms with Crippen LogP contribution in [0.3, 0.4) is 0 Å². The minimum absolute atomic E-state index is 0.0160. The lowest BCUT2D eigenvalue weighted by Gasteiger charge is -2.42. The van der Waals surface area contributed by atoms with Crippen molar-refractivity contribution in [2.45, 2.75) is 37.5 Å². The van der Waals surface area contributed by atoms with Gasteiger partial charge in [0.1, 0.15) is 24.4 Å². The van der Waals surface area contributed by atoms with E-state index in [0.29, 0.717) is 0 Å². The zero-order chi connectivity index (χ0) is 14.6. The summed E-state index contributed by atoms with van der Waals surface area (Å²) in [7, 11) is 0. The molecular weight excluding hydrogens is 324 g/mol. The smallest absolute Gasteiger partial charge is 0.232 e. The van der Waals surface area contributed by atoms with Crippen molar-refractivity contribution < 1.29 is 29.6 Å². The van der Waals surface area contributed by atoms with E-state index in [0.717, 1.165) is 0 Å². The zero-order valence-corrected chi connectivity index (χ0v) is 11.8. The molecule has 5 atom stereocenters. The first kappa shape index (κ1) is 16.3. The van der Waals surface area contributed by atoms with Crippen LogP contribution in [0.25, 0.3) is 0 Å². The normalized spacial score (nSPS) is 34.7. The molecule has 0 aromatic heterocycles. The van der Waals surface area contributed by atoms with Gasteiger partial charge in [-0.1, -0.05) is 15.9 Å². The van der Waals surface area contributed by atoms with Gasteiger partial charge in [0.05, 0.1) is 11.9 Å². The number of halogens is 1. The maximum atomic E-state index is 11.3. The molecule has 0 aliphatic carbocycles. The number of aliphatic hydroxyl groups is 3. The van der Waals surface area contributed by atoms with E-state index in [9.17, 15) is 19.8 Å². The number of aliphatic hydroxyl groups excluding tert-OH is 3. The van der Waals surface area contributed by atoms with Crippen molar-refractivity contribution in [3.8, 4) is 0 Å². The van der Waals surface area contributed by atoms with Gasteiger partial charge in [0.15, 0.2) is 6.23 Å². The highest BCUT2D eigenvalue weighted by atomic mass is 79.9. The zero-order valence-electron chi connectivity index (χ0n) is 10.2. The fourth-order valence-electron chi connectivity index (χ4n) is 1.83. The number of hydrogen-bond donors (Lipinski definition) is 5. The molecule has 110 valence electrons. The number of alkyl halides is 1. The lowest BCUT2D eigenvalue weighted by Crippen LogP contribution is -2.68. The van der Waals surface area contributed by atoms with Crippen LogP contribution in [0, 0.1) is 0 Å². The van der Waals surface area contributed by atoms with Gasteiger partial charge in [0.2, 0.25) is 11.8 Å². The van der Waals surface area contributed by atoms with Gasteiger partial charge in [-0.3, -0.25) is 9.59 Å². The van der Waals surface area contributed by atoms with E-state index in [1.54, 1.807) is 0 Å². The molecule has 1 aliphatic heterocycles. The van der Waals surface area contributed by atoms with Crippen LogP contribution < -0.4 is 10.6 Å². The van der Waals surface area contributed by atoms with Gasteiger partial charge in [-0.05, 0) is 0 Å². The van der Waals surface area contributed by atoms with Gasteiger partial charge in [0.25, 0.3) is 0 Å². The fourth-order valence-corrected chi connectivity index (χ4v) is 1.99. The third-order valence-corrected chi connectivity index (χ3v) is 3.23. The summed E-state index contributed by atoms with van der Waals surface area (Å²) in [5.74, 6) is -0.860. The van der Waals surface area contributed by atoms with Crippen molar-refractivity contribution >= 4 is 27.7 Å². The molecule has 0 saturated carbocycles. The molecule has 8 nitrogen and oxygen atoms in total. The Balaban J connectivity index is 2.86. The summed E-state index contributed by atoms with van der Waals surface area (Å²) in [5, 5.41) is 33.5. The molecule has 5 N–H and O–H groups in total. The van der Waals surface area contributed by atoms with Crippen molar-refractivity contribution in [1.29, 1.82) is 0 Å². The minimum Gasteiger partial charge on any atom is -0.394 e. The van der Waals surface area contributed by atoms with Crippen molar-refractivity contribution in [2.75, 3.05) is 11.9 Å². The summed E-state index contributed by atoms with van der Waals surface area (Å²) in [6.45, 7) is 0.715. The Labute approximate surface area is 118 Å². The number of ether oxygens (including phenoxy) is 1. The number of nitrogens with one attached hydrogen (secondary N) is 2. The Kier molecular flexibility index (Phi) is 6.14. The van der Waals surface area contributed by atoms with Crippen LogP contribution in [0.1, 0.15) is 6.92 Å². The lowest BCUT2D eigenvalue weighted by molar-refractivity contribution is -0.202. The maximum absolute atomic E-state index is 11.3. The van der Waals surface area contributed by atoms with Gasteiger partial charge in [-0.2, -0.15) is 0 Å². The van der Waals surface area contributed by atoms with Crippen LogP contribution in [0.4, 0.5) is 0 Å². The summed E-state index contributed by atoms with van der Waals surface area (Å²) >= 11 is 2.96. The standard InChI is InChI=1S/C10H17BrN2O6/c1-4(15)12-7-9(18)8(17)5(3-14)19-10(7)13-6(16)2-11/h5,7-10,14,17-18H,2-3H2,1H3,(H,12,15)(H,13,16)/t5?,7?,8-,9?,10-/m1/s1. The van der Waals surface area contributed by atoms with E-state index >= 15 is 0 Å². The molecule has 2 amide bonds. The van der Waals surface area contributed by atoms with Crippen molar-refractivity contribution in [3.05, 3.63) is 0 Å². The van der Waals surface area contributed by atoms with E-state index in [4.69, 9.17) is 9.84 Å². The predicted octanol–water partition coefficient (Wildman–Crippen LogP) is -2.56. The third kappa shape index (κ3) is 4.11. The summed E-state index contributed by atoms with van der Waals surface area (Å²) in [6.07, 6.45) is -4.81. The Bertz CT molecular complexity index is 342. The number of amides is 2. The number of hydrogen-bond acceptors (Lipinski definition) is 6. The number of rotatable bonds is 4. The van der Waals surface area contributed by atoms with Gasteiger partial charge in [-0.25, -0.2) is 0 Å². The highest BCUT2D eigenvalue weighted by Crippen LogP contribution is 2.20. The highest BCUT2D eigenvalue weighted by Gasteiger charge is 2.45. The molecule has 0 bridgehead atoms. The highest BCUT2D eigenvalue weighted by molar-refractivity contribution is 9.09. The summed E-state index contributed by atoms with van der Waals surface area (Å²) < 4.78 is 5.28. The van der Waals surface area contributed by atoms with Crippen LogP contribution >= 0.6 is 15.9 Å². The molecule has 1 aliphatic rings. The topological polar surface area (TPSA) is 128 Å². The van der Waals surface area contributed by atoms with Crippen LogP contribution in [0.15, 0.2) is 0 Å². The Morgan fingerprint density at radius 3 is 2.37 bits per heavy atom. The van der Waals surface area contributed by atoms with Crippen molar-refractivity contribution in [1.82, 2.24) is 10.6 Å². The van der Waals surface area contributed by atoms with E-state index in [-0.39, 0.29) is 5.33 Å². The number of carbonyl (C=O) groups is 2. The largest absolute Gasteiger partial charge is 0.394 e. The van der Waals surface area contributed by atoms with Crippen LogP contribution in [0.5, 0.6) is 0 Å². The van der Waals surface area contributed by atoms with Gasteiger partial charge >= 0.3 is 0 Å². The van der Waals surface area contributed by atoms with E-state index < -0.39 is 49.0 Å². The monoisotopic (exact) mass is 340 g/mol. The Morgan fingerprint density at radius 1 is 1.26 bits per heavy atom. The van der Waals surface area contributed by atoms with Crippen LogP contribution in [0.2, 0.25) is 0 Å². The maximum Gasteiger partial charge on any atom is 0.232 e. The minimum atomic E-state index is -1.37. The molecule has 1 rings (SSSR count). The predicted molar refractivity (Wildman–Crippen MR) is 67.3 cm³/mol. The van der Waals surface area contributed by atoms with Crippen molar-refractivity contribution in [3.63, 3.8) is 0 Å². The van der Waals surface area contributed by atoms with Gasteiger partial charge in [0, 0.05) is 6.92 Å². The first-order chi connectivity index (χ1) is 8.90. The van der Waals surface area contributed by atoms with E-state index in [1.165, 1.54) is 6.92 Å². The van der Waals surface area contributed by atoms with Gasteiger partial charge in [-0.15, -0.1) is 0 Å². The molecule has 0 aromatic rings. The molecule has 9 heteroatoms.